The monoisotopic (exact) mass is 1510 g/mol. The van der Waals surface area contributed by atoms with Gasteiger partial charge in [0.2, 0.25) is 5.91 Å². The van der Waals surface area contributed by atoms with Crippen LogP contribution in [0.5, 0.6) is 0 Å². The molecule has 1 aliphatic rings. The molecule has 0 unspecified atom stereocenters. The number of carbonyl (C=O) groups excluding carboxylic acids is 1. The number of nitrogens with two attached hydrogens (primary N) is 16. The Kier molecular flexibility index (Phi) is 31.6. The lowest BCUT2D eigenvalue weighted by molar-refractivity contribution is -0.141. The first-order chi connectivity index (χ1) is 65.0. The third-order valence-electron chi connectivity index (χ3n) is 7.35. The average molecular weight is 1510 g/mol. The molecule has 0 radical (unpaired) electrons. The van der Waals surface area contributed by atoms with E-state index in [9.17, 15) is 57.5 Å². The number of carbonyl (C=O) groups is 12. The van der Waals surface area contributed by atoms with Gasteiger partial charge < -0.3 is 153 Å². The van der Waals surface area contributed by atoms with Crippen LogP contribution in [0.15, 0.2) is 9.98 Å². The molecular weight excluding hydrogens is 1340 g/mol. The van der Waals surface area contributed by atoms with E-state index >= 15 is 0 Å². The molecule has 0 aromatic rings. The van der Waals surface area contributed by atoms with Crippen LogP contribution in [0.2, 0.25) is 0 Å². The number of carboxylic acids is 11. The van der Waals surface area contributed by atoms with Crippen LogP contribution in [-0.2, 0) is 57.5 Å². The van der Waals surface area contributed by atoms with Crippen LogP contribution >= 0.6 is 11.8 Å². The van der Waals surface area contributed by atoms with Crippen molar-refractivity contribution < 1.29 is 181 Å². The number of nitrogens with zero attached hydrogens (tertiary/aromatic N) is 2. The van der Waals surface area contributed by atoms with Gasteiger partial charge in [-0.25, -0.2) is 0 Å². The number of carboxylic acid groups (broad SMARTS) is 11. The summed E-state index contributed by atoms with van der Waals surface area (Å²) >= 11 is 0.246. The molecule has 0 spiro atoms. The molecule has 0 aliphatic carbocycles. The van der Waals surface area contributed by atoms with Gasteiger partial charge in [0, 0.05) is 90.2 Å². The zero-order valence-electron chi connectivity index (χ0n) is 100. The van der Waals surface area contributed by atoms with Crippen LogP contribution in [0.1, 0.15) is 216 Å². The van der Waals surface area contributed by atoms with Crippen LogP contribution < -0.4 is 97.1 Å². The summed E-state index contributed by atoms with van der Waals surface area (Å²) in [6.07, 6.45) is -45.1. The summed E-state index contributed by atoms with van der Waals surface area (Å²) < 4.78 is 351. The highest BCUT2D eigenvalue weighted by Gasteiger charge is 2.21. The van der Waals surface area contributed by atoms with Gasteiger partial charge in [0.15, 0.2) is 11.9 Å². The summed E-state index contributed by atoms with van der Waals surface area (Å²) in [4.78, 5) is 131. The second-order valence-electron chi connectivity index (χ2n) is 15.4. The highest BCUT2D eigenvalue weighted by atomic mass is 32.2. The van der Waals surface area contributed by atoms with Crippen LogP contribution in [0.4, 0.5) is 0 Å². The van der Waals surface area contributed by atoms with E-state index in [1.54, 1.807) is 0 Å². The Bertz CT molecular complexity index is 4230. The van der Waals surface area contributed by atoms with Crippen molar-refractivity contribution in [1.29, 1.82) is 0 Å². The van der Waals surface area contributed by atoms with Gasteiger partial charge in [-0.15, -0.1) is 0 Å². The number of aliphatic carboxylic acids is 11. The second kappa shape index (κ2) is 72.8. The van der Waals surface area contributed by atoms with Gasteiger partial charge in [-0.2, -0.15) is 11.8 Å². The second-order valence-corrected chi connectivity index (χ2v) is 15.8. The molecule has 1 aliphatic heterocycles. The number of amides is 1. The molecule has 1 saturated heterocycles. The van der Waals surface area contributed by atoms with Crippen molar-refractivity contribution in [2.45, 2.75) is 209 Å². The Labute approximate surface area is 649 Å². The van der Waals surface area contributed by atoms with Crippen molar-refractivity contribution in [2.24, 2.45) is 114 Å². The summed E-state index contributed by atoms with van der Waals surface area (Å²) in [5.41, 5.74) is 77.4. The first-order valence-corrected chi connectivity index (χ1v) is 25.5. The highest BCUT2D eigenvalue weighted by molar-refractivity contribution is 7.98. The Morgan fingerprint density at radius 3 is 1.31 bits per heavy atom. The van der Waals surface area contributed by atoms with Crippen molar-refractivity contribution in [3.8, 4) is 0 Å². The highest BCUT2D eigenvalue weighted by Crippen LogP contribution is 2.06. The standard InChI is InChI=1S/2C6H14N4O2.2C6H14N2O2.2C6H13NO2.C5H10N2O3.C5H9NO4.C5H11NO2S.C5H9NO2/c2*7-4(5(11)12)2-1-3-10-6(8)9;2*7-4-2-1-3-5(8)6(9)10;1-4(2)3-5(7)6(8)9;1-3-4(2)5(7)6(8)9;2*6-3(5(9)10)1-2-4(7)8;1-9-3-2-4(6)5(7)8;7-5(8)4-2-1-3-6-4/h2*4H,1-3,7H2,(H,11,12)(H4,8,9,10);2*5H,1-4,7-8H2,(H,9,10);2*4-5H,3,7H2,1-2H3,(H,8,9);3H,1-2,6H2,(H2,7,8)(H,9,10);3H,1-2,6H2,(H,7,8)(H,9,10);4H,2-3,6H2,1H3,(H,7,8);4,6H,1-3H2,(H,7,8)/t2*4-;3*5-;4-,5-;2*3-;2*4-/m0000000000/s1/i1D2,2D,3D;1D,2D2,3D;1D2,2D2,3D,4D;1D2,2D,3D2,4D;2*1D2,2D3,3D,4D;2*1D,2D2;1D2,2D,3D2;1D2,2D,3D/t2-,3-,4-;1-,3+,4+;3-,4-,5-;2-,4+,5+;2*3-,4-,5-;2*1-,3+;2-,4+;2-,3+,4+/m0101001111. The summed E-state index contributed by atoms with van der Waals surface area (Å²) in [6, 6.07) is -18.3. The van der Waals surface area contributed by atoms with Crippen molar-refractivity contribution >= 4 is 95.3 Å². The fourth-order valence-corrected chi connectivity index (χ4v) is 3.04. The minimum atomic E-state index is -3.16. The quantitative estimate of drug-likeness (QED) is 0.0202. The Balaban J connectivity index is -0.000000207. The Morgan fingerprint density at radius 1 is 0.525 bits per heavy atom. The fourth-order valence-electron chi connectivity index (χ4n) is 2.81. The molecule has 0 aromatic carbocycles. The first kappa shape index (κ1) is 43.0. The lowest BCUT2D eigenvalue weighted by Crippen LogP contribution is -2.36. The van der Waals surface area contributed by atoms with Gasteiger partial charge in [-0.05, 0) is 133 Å². The van der Waals surface area contributed by atoms with E-state index in [0.717, 1.165) is 0 Å². The Morgan fingerprint density at radius 2 is 0.970 bits per heavy atom. The van der Waals surface area contributed by atoms with Gasteiger partial charge in [0.25, 0.3) is 0 Å². The molecule has 42 nitrogen and oxygen atoms in total. The van der Waals surface area contributed by atoms with Crippen molar-refractivity contribution in [3.63, 3.8) is 0 Å². The molecule has 1 heterocycles. The molecule has 0 saturated carbocycles. The summed E-state index contributed by atoms with van der Waals surface area (Å²) in [5.74, 6) is -25.8. The summed E-state index contributed by atoms with van der Waals surface area (Å²) in [6.45, 7) is -18.8. The van der Waals surface area contributed by atoms with Crippen LogP contribution in [0, 0.1) is 11.8 Å². The average Bonchev–Trinajstić information content (AvgIpc) is 1.07. The number of aliphatic imine (C=N–C) groups is 2. The van der Waals surface area contributed by atoms with Crippen LogP contribution in [0.25, 0.3) is 0 Å². The molecule has 1 rings (SSSR count). The number of guanidine groups is 2. The maximum absolute atomic E-state index is 10.6. The Hall–Kier alpha value is -7.95. The van der Waals surface area contributed by atoms with E-state index in [2.05, 4.69) is 21.0 Å². The van der Waals surface area contributed by atoms with E-state index in [1.807, 2.05) is 0 Å². The van der Waals surface area contributed by atoms with Gasteiger partial charge in [-0.3, -0.25) is 67.5 Å². The molecule has 1 amide bonds. The number of hydrogen-bond donors (Lipinski definition) is 28. The zero-order valence-corrected chi connectivity index (χ0v) is 51.8. The third kappa shape index (κ3) is 92.1. The van der Waals surface area contributed by atoms with E-state index in [1.165, 1.54) is 0 Å². The van der Waals surface area contributed by atoms with Crippen molar-refractivity contribution in [3.05, 3.63) is 0 Å². The maximum atomic E-state index is 10.6. The molecule has 27 atom stereocenters. The van der Waals surface area contributed by atoms with Crippen molar-refractivity contribution in [2.75, 3.05) is 44.5 Å². The molecule has 584 valence electrons. The largest absolute Gasteiger partial charge is 0.481 e. The SMILES string of the molecule is [2H]C([2H])SC([2H])([2H])[C@@H]([2H])[C@H](N)C(=O)O.[2H]C([2H])[C@H]([2H])[C@@]([2H])([C@H](N)C(=O)O)C([2H])([2H])[2H].[2H]C([2H])[C@]([2H])([C@H]([2H])[C@H](N)C(=O)O)C([2H])([2H])[2H].[2H][C@@H]([C@H](N)C(=O)O)C([2H])([2H])C(=O)O.[2H][C@@H]([C@H](N)C(=O)O)C([2H])([2H])C(N)=O.[2H][C@@H]1N[C@H](C(=O)O)[C@H]([2H])C1([2H])[2H].[2H][C@H](N)C([2H])([2H])C([2H])([2H])[C@H]([2H])[C@H](N)C(=O)O.[2H][C@H](N)[C@H]([2H])C([2H])([2H])C([2H])([2H])[C@H](N)C(=O)O.[2H][C@H](N=C(N)N)C([2H])([2H])[C@H]([2H])[C@H](N)C(=O)O.[2H][C@H](N=C(N)N)[C@H]([2H])C([2H])([2H])[C@H](N)C(=O)O. The molecule has 0 aromatic heterocycles. The molecule has 99 heavy (non-hydrogen) atoms. The lowest BCUT2D eigenvalue weighted by Gasteiger charge is -2.11. The zero-order chi connectivity index (χ0) is 122. The number of nitrogens with one attached hydrogen (secondary N) is 1. The topological polar surface area (TPSA) is 880 Å². The van der Waals surface area contributed by atoms with Gasteiger partial charge in [0.05, 0.1) is 2.74 Å². The van der Waals surface area contributed by atoms with E-state index in [-0.39, 0.29) is 11.8 Å². The number of hydrogen-bond acceptors (Lipinski definition) is 27. The van der Waals surface area contributed by atoms with Gasteiger partial charge in [-0.1, -0.05) is 46.6 Å². The molecule has 1 fully saturated rings. The lowest BCUT2D eigenvalue weighted by atomic mass is 10.0. The predicted octanol–water partition coefficient (Wildman–Crippen LogP) is -5.25. The van der Waals surface area contributed by atoms with E-state index in [0.29, 0.717) is 0 Å². The van der Waals surface area contributed by atoms with E-state index in [4.69, 9.17) is 209 Å². The van der Waals surface area contributed by atoms with Crippen LogP contribution in [0.3, 0.4) is 0 Å². The maximum Gasteiger partial charge on any atom is 0.320 e. The van der Waals surface area contributed by atoms with Gasteiger partial charge >= 0.3 is 65.7 Å². The number of rotatable bonds is 39. The first-order valence-electron chi connectivity index (χ1n) is 50.8. The van der Waals surface area contributed by atoms with Crippen LogP contribution in [-0.4, -0.2) is 245 Å². The predicted molar refractivity (Wildman–Crippen MR) is 372 cm³/mol. The van der Waals surface area contributed by atoms with E-state index < -0.39 is 349 Å². The number of thioether (sulfide) groups is 1. The minimum Gasteiger partial charge on any atom is -0.481 e. The fraction of sp³-hybridized carbons (Fsp3) is 0.750. The van der Waals surface area contributed by atoms with Gasteiger partial charge in [0.1, 0.15) is 60.4 Å². The smallest absolute Gasteiger partial charge is 0.320 e. The molecular formula is C56H121N19O23S. The molecule has 43 heteroatoms. The van der Waals surface area contributed by atoms with Crippen molar-refractivity contribution in [1.82, 2.24) is 5.32 Å². The molecule has 0 bridgehead atoms. The summed E-state index contributed by atoms with van der Waals surface area (Å²) in [7, 11) is 0. The summed E-state index contributed by atoms with van der Waals surface area (Å²) in [5, 5.41) is 95.3. The third-order valence-corrected chi connectivity index (χ3v) is 7.62. The number of primary amides is 1. The minimum absolute atomic E-state index is 0.246. The molecule has 44 N–H and O–H groups in total. The normalized spacial score (nSPS) is 30.3.